The van der Waals surface area contributed by atoms with Gasteiger partial charge in [-0.05, 0) is 56.6 Å². The minimum atomic E-state index is -0.222. The topological polar surface area (TPSA) is 109 Å². The van der Waals surface area contributed by atoms with Crippen molar-refractivity contribution >= 4 is 22.5 Å². The number of benzene rings is 1. The van der Waals surface area contributed by atoms with Crippen molar-refractivity contribution < 1.29 is 4.79 Å². The van der Waals surface area contributed by atoms with Gasteiger partial charge in [0.2, 0.25) is 0 Å². The fraction of sp³-hybridized carbons (Fsp3) is 0.350. The van der Waals surface area contributed by atoms with Crippen molar-refractivity contribution in [3.05, 3.63) is 47.2 Å². The molecule has 7 heteroatoms. The van der Waals surface area contributed by atoms with Gasteiger partial charge in [-0.2, -0.15) is 5.26 Å². The first-order valence-corrected chi connectivity index (χ1v) is 9.21. The zero-order valence-electron chi connectivity index (χ0n) is 15.2. The van der Waals surface area contributed by atoms with E-state index in [0.717, 1.165) is 53.9 Å². The van der Waals surface area contributed by atoms with Crippen LogP contribution in [0.25, 0.3) is 10.9 Å². The SMILES string of the molecule is Cc1[nH]c(C2CCNCC2)nc1C(=O)Nc1ccc2[nH]cc(CC#N)c2c1. The smallest absolute Gasteiger partial charge is 0.276 e. The molecule has 0 bridgehead atoms. The normalized spacial score (nSPS) is 15.0. The molecule has 4 N–H and O–H groups in total. The Balaban J connectivity index is 1.55. The van der Waals surface area contributed by atoms with E-state index in [9.17, 15) is 4.79 Å². The van der Waals surface area contributed by atoms with Crippen LogP contribution in [0.4, 0.5) is 5.69 Å². The van der Waals surface area contributed by atoms with E-state index < -0.39 is 0 Å². The maximum Gasteiger partial charge on any atom is 0.276 e. The van der Waals surface area contributed by atoms with Gasteiger partial charge in [-0.3, -0.25) is 4.79 Å². The molecule has 1 fully saturated rings. The van der Waals surface area contributed by atoms with Gasteiger partial charge in [-0.1, -0.05) is 0 Å². The van der Waals surface area contributed by atoms with Crippen molar-refractivity contribution in [3.63, 3.8) is 0 Å². The monoisotopic (exact) mass is 362 g/mol. The molecule has 3 heterocycles. The lowest BCUT2D eigenvalue weighted by atomic mass is 9.98. The summed E-state index contributed by atoms with van der Waals surface area (Å²) in [6.07, 6.45) is 4.22. The Kier molecular flexibility index (Phi) is 4.65. The highest BCUT2D eigenvalue weighted by Gasteiger charge is 2.22. The Labute approximate surface area is 157 Å². The second kappa shape index (κ2) is 7.25. The zero-order valence-corrected chi connectivity index (χ0v) is 15.2. The third-order valence-corrected chi connectivity index (χ3v) is 5.14. The van der Waals surface area contributed by atoms with Crippen LogP contribution in [0.1, 0.15) is 46.3 Å². The van der Waals surface area contributed by atoms with Gasteiger partial charge in [0.1, 0.15) is 11.5 Å². The quantitative estimate of drug-likeness (QED) is 0.572. The molecule has 1 aromatic carbocycles. The second-order valence-corrected chi connectivity index (χ2v) is 6.98. The number of nitriles is 1. The van der Waals surface area contributed by atoms with Crippen molar-refractivity contribution in [2.24, 2.45) is 0 Å². The average Bonchev–Trinajstić information content (AvgIpc) is 3.26. The highest BCUT2D eigenvalue weighted by Crippen LogP contribution is 2.25. The lowest BCUT2D eigenvalue weighted by Crippen LogP contribution is -2.27. The molecule has 0 spiro atoms. The molecule has 27 heavy (non-hydrogen) atoms. The summed E-state index contributed by atoms with van der Waals surface area (Å²) in [5.41, 5.74) is 3.79. The highest BCUT2D eigenvalue weighted by molar-refractivity contribution is 6.04. The highest BCUT2D eigenvalue weighted by atomic mass is 16.1. The summed E-state index contributed by atoms with van der Waals surface area (Å²) in [6.45, 7) is 3.84. The van der Waals surface area contributed by atoms with E-state index in [1.807, 2.05) is 31.3 Å². The van der Waals surface area contributed by atoms with Gasteiger partial charge in [0.25, 0.3) is 5.91 Å². The lowest BCUT2D eigenvalue weighted by molar-refractivity contribution is 0.102. The molecule has 7 nitrogen and oxygen atoms in total. The number of fused-ring (bicyclic) bond motifs is 1. The summed E-state index contributed by atoms with van der Waals surface area (Å²) >= 11 is 0. The van der Waals surface area contributed by atoms with Crippen LogP contribution in [-0.2, 0) is 6.42 Å². The van der Waals surface area contributed by atoms with Gasteiger partial charge in [0.05, 0.1) is 12.5 Å². The number of H-pyrrole nitrogens is 2. The van der Waals surface area contributed by atoms with Crippen LogP contribution in [0.2, 0.25) is 0 Å². The largest absolute Gasteiger partial charge is 0.361 e. The molecule has 2 aromatic heterocycles. The molecular formula is C20H22N6O. The van der Waals surface area contributed by atoms with Gasteiger partial charge >= 0.3 is 0 Å². The number of aromatic amines is 2. The van der Waals surface area contributed by atoms with Crippen LogP contribution in [-0.4, -0.2) is 33.9 Å². The number of imidazole rings is 1. The maximum atomic E-state index is 12.7. The van der Waals surface area contributed by atoms with Crippen LogP contribution in [0.5, 0.6) is 0 Å². The first-order chi connectivity index (χ1) is 13.2. The number of anilines is 1. The van der Waals surface area contributed by atoms with E-state index in [1.165, 1.54) is 0 Å². The molecule has 1 aliphatic heterocycles. The molecule has 138 valence electrons. The Bertz CT molecular complexity index is 1020. The third kappa shape index (κ3) is 3.44. The van der Waals surface area contributed by atoms with Gasteiger partial charge in [0.15, 0.2) is 0 Å². The number of rotatable bonds is 4. The number of nitrogens with zero attached hydrogens (tertiary/aromatic N) is 2. The van der Waals surface area contributed by atoms with E-state index in [2.05, 4.69) is 31.7 Å². The number of carbonyl (C=O) groups is 1. The van der Waals surface area contributed by atoms with Gasteiger partial charge in [-0.15, -0.1) is 0 Å². The fourth-order valence-corrected chi connectivity index (χ4v) is 3.67. The second-order valence-electron chi connectivity index (χ2n) is 6.98. The van der Waals surface area contributed by atoms with Gasteiger partial charge in [-0.25, -0.2) is 4.98 Å². The molecule has 0 aliphatic carbocycles. The lowest BCUT2D eigenvalue weighted by Gasteiger charge is -2.20. The molecule has 3 aromatic rings. The van der Waals surface area contributed by atoms with Crippen molar-refractivity contribution in [3.8, 4) is 6.07 Å². The standard InChI is InChI=1S/C20H22N6O/c1-12-18(26-19(24-12)13-5-8-22-9-6-13)20(27)25-15-2-3-17-16(10-15)14(4-7-21)11-23-17/h2-3,10-11,13,22-23H,4-6,8-9H2,1H3,(H,24,26)(H,25,27). The Morgan fingerprint density at radius 3 is 2.96 bits per heavy atom. The van der Waals surface area contributed by atoms with Crippen molar-refractivity contribution in [1.82, 2.24) is 20.3 Å². The van der Waals surface area contributed by atoms with Gasteiger partial charge < -0.3 is 20.6 Å². The molecule has 0 radical (unpaired) electrons. The fourth-order valence-electron chi connectivity index (χ4n) is 3.67. The summed E-state index contributed by atoms with van der Waals surface area (Å²) in [5.74, 6) is 1.05. The molecular weight excluding hydrogens is 340 g/mol. The summed E-state index contributed by atoms with van der Waals surface area (Å²) in [6, 6.07) is 7.81. The van der Waals surface area contributed by atoms with E-state index in [0.29, 0.717) is 23.7 Å². The Morgan fingerprint density at radius 1 is 1.37 bits per heavy atom. The van der Waals surface area contributed by atoms with Crippen LogP contribution in [0.3, 0.4) is 0 Å². The maximum absolute atomic E-state index is 12.7. The summed E-state index contributed by atoms with van der Waals surface area (Å²) in [4.78, 5) is 23.8. The minimum absolute atomic E-state index is 0.222. The number of nitrogens with one attached hydrogen (secondary N) is 4. The first kappa shape index (κ1) is 17.3. The van der Waals surface area contributed by atoms with Crippen LogP contribution >= 0.6 is 0 Å². The van der Waals surface area contributed by atoms with E-state index >= 15 is 0 Å². The predicted molar refractivity (Wildman–Crippen MR) is 104 cm³/mol. The average molecular weight is 362 g/mol. The van der Waals surface area contributed by atoms with Crippen molar-refractivity contribution in [2.45, 2.75) is 32.1 Å². The van der Waals surface area contributed by atoms with E-state index in [1.54, 1.807) is 0 Å². The summed E-state index contributed by atoms with van der Waals surface area (Å²) in [5, 5.41) is 16.2. The number of piperidine rings is 1. The summed E-state index contributed by atoms with van der Waals surface area (Å²) < 4.78 is 0. The minimum Gasteiger partial charge on any atom is -0.361 e. The molecule has 0 atom stereocenters. The van der Waals surface area contributed by atoms with E-state index in [-0.39, 0.29) is 5.91 Å². The van der Waals surface area contributed by atoms with Crippen molar-refractivity contribution in [1.29, 1.82) is 5.26 Å². The third-order valence-electron chi connectivity index (χ3n) is 5.14. The van der Waals surface area contributed by atoms with Crippen molar-refractivity contribution in [2.75, 3.05) is 18.4 Å². The molecule has 1 saturated heterocycles. The number of hydrogen-bond donors (Lipinski definition) is 4. The molecule has 0 unspecified atom stereocenters. The van der Waals surface area contributed by atoms with Crippen LogP contribution in [0.15, 0.2) is 24.4 Å². The zero-order chi connectivity index (χ0) is 18.8. The summed E-state index contributed by atoms with van der Waals surface area (Å²) in [7, 11) is 0. The first-order valence-electron chi connectivity index (χ1n) is 9.21. The number of amides is 1. The number of aryl methyl sites for hydroxylation is 1. The van der Waals surface area contributed by atoms with Crippen LogP contribution in [0, 0.1) is 18.3 Å². The Hall–Kier alpha value is -3.11. The van der Waals surface area contributed by atoms with E-state index in [4.69, 9.17) is 5.26 Å². The number of aromatic nitrogens is 3. The Morgan fingerprint density at radius 2 is 2.19 bits per heavy atom. The molecule has 4 rings (SSSR count). The van der Waals surface area contributed by atoms with Gasteiger partial charge in [0, 0.05) is 34.4 Å². The number of carbonyl (C=O) groups excluding carboxylic acids is 1. The number of hydrogen-bond acceptors (Lipinski definition) is 4. The molecule has 1 amide bonds. The van der Waals surface area contributed by atoms with Crippen LogP contribution < -0.4 is 10.6 Å². The predicted octanol–water partition coefficient (Wildman–Crippen LogP) is 2.98. The molecule has 1 aliphatic rings. The molecule has 0 saturated carbocycles.